The summed E-state index contributed by atoms with van der Waals surface area (Å²) in [6.45, 7) is 1.83. The first-order valence-electron chi connectivity index (χ1n) is 5.22. The van der Waals surface area contributed by atoms with E-state index in [0.29, 0.717) is 5.02 Å². The molecule has 2 rings (SSSR count). The topological polar surface area (TPSA) is 94.0 Å². The van der Waals surface area contributed by atoms with E-state index in [4.69, 9.17) is 17.3 Å². The number of aromatic nitrogens is 2. The van der Waals surface area contributed by atoms with Gasteiger partial charge in [-0.15, -0.1) is 0 Å². The Hall–Kier alpha value is -2.08. The number of hydrogen-bond acceptors (Lipinski definition) is 5. The lowest BCUT2D eigenvalue weighted by Crippen LogP contribution is -2.27. The predicted octanol–water partition coefficient (Wildman–Crippen LogP) is 1.80. The largest absolute Gasteiger partial charge is 0.379 e. The lowest BCUT2D eigenvalue weighted by molar-refractivity contribution is 0.0930. The molecule has 1 heterocycles. The SMILES string of the molecule is C[C@H](NC(=O)c1nonc1N)c1cccc(Cl)c1. The smallest absolute Gasteiger partial charge is 0.277 e. The van der Waals surface area contributed by atoms with Gasteiger partial charge in [0.05, 0.1) is 6.04 Å². The van der Waals surface area contributed by atoms with E-state index in [1.54, 1.807) is 12.1 Å². The first-order valence-corrected chi connectivity index (χ1v) is 5.60. The summed E-state index contributed by atoms with van der Waals surface area (Å²) in [4.78, 5) is 11.8. The molecular weight excluding hydrogens is 256 g/mol. The number of halogens is 1. The summed E-state index contributed by atoms with van der Waals surface area (Å²) >= 11 is 5.88. The van der Waals surface area contributed by atoms with Crippen LogP contribution in [0.3, 0.4) is 0 Å². The molecule has 3 N–H and O–H groups in total. The third-order valence-corrected chi connectivity index (χ3v) is 2.66. The molecule has 94 valence electrons. The molecule has 1 aromatic carbocycles. The van der Waals surface area contributed by atoms with Crippen molar-refractivity contribution in [2.24, 2.45) is 0 Å². The number of hydrogen-bond donors (Lipinski definition) is 2. The van der Waals surface area contributed by atoms with Crippen molar-refractivity contribution in [2.75, 3.05) is 5.73 Å². The van der Waals surface area contributed by atoms with Gasteiger partial charge in [0.1, 0.15) is 0 Å². The van der Waals surface area contributed by atoms with Crippen LogP contribution in [-0.2, 0) is 0 Å². The van der Waals surface area contributed by atoms with Crippen LogP contribution in [0.2, 0.25) is 5.02 Å². The molecule has 0 aliphatic carbocycles. The van der Waals surface area contributed by atoms with E-state index >= 15 is 0 Å². The minimum Gasteiger partial charge on any atom is -0.379 e. The van der Waals surface area contributed by atoms with Gasteiger partial charge in [-0.05, 0) is 34.9 Å². The van der Waals surface area contributed by atoms with E-state index in [9.17, 15) is 4.79 Å². The van der Waals surface area contributed by atoms with Gasteiger partial charge in [0, 0.05) is 5.02 Å². The van der Waals surface area contributed by atoms with Crippen molar-refractivity contribution in [3.8, 4) is 0 Å². The molecule has 0 radical (unpaired) electrons. The summed E-state index contributed by atoms with van der Waals surface area (Å²) in [7, 11) is 0. The van der Waals surface area contributed by atoms with Crippen LogP contribution in [-0.4, -0.2) is 16.2 Å². The molecule has 1 aromatic heterocycles. The fourth-order valence-corrected chi connectivity index (χ4v) is 1.68. The molecule has 1 amide bonds. The van der Waals surface area contributed by atoms with Gasteiger partial charge >= 0.3 is 0 Å². The van der Waals surface area contributed by atoms with Gasteiger partial charge in [-0.3, -0.25) is 4.79 Å². The number of amides is 1. The standard InChI is InChI=1S/C11H11ClN4O2/c1-6(7-3-2-4-8(12)5-7)14-11(17)9-10(13)16-18-15-9/h2-6H,1H3,(H2,13,16)(H,14,17)/t6-/m0/s1. The lowest BCUT2D eigenvalue weighted by Gasteiger charge is -2.13. The number of anilines is 1. The van der Waals surface area contributed by atoms with Gasteiger partial charge in [0.15, 0.2) is 0 Å². The molecule has 6 nitrogen and oxygen atoms in total. The molecule has 0 aliphatic heterocycles. The van der Waals surface area contributed by atoms with Gasteiger partial charge in [0.2, 0.25) is 11.5 Å². The van der Waals surface area contributed by atoms with Crippen molar-refractivity contribution in [2.45, 2.75) is 13.0 Å². The average Bonchev–Trinajstić information content (AvgIpc) is 2.75. The summed E-state index contributed by atoms with van der Waals surface area (Å²) in [5.74, 6) is -0.480. The Morgan fingerprint density at radius 3 is 2.89 bits per heavy atom. The zero-order valence-electron chi connectivity index (χ0n) is 9.55. The number of nitrogens with zero attached hydrogens (tertiary/aromatic N) is 2. The van der Waals surface area contributed by atoms with E-state index in [1.807, 2.05) is 19.1 Å². The third-order valence-electron chi connectivity index (χ3n) is 2.43. The molecule has 2 aromatic rings. The van der Waals surface area contributed by atoms with Crippen molar-refractivity contribution < 1.29 is 9.42 Å². The summed E-state index contributed by atoms with van der Waals surface area (Å²) < 4.78 is 4.37. The van der Waals surface area contributed by atoms with Crippen molar-refractivity contribution in [1.82, 2.24) is 15.6 Å². The fourth-order valence-electron chi connectivity index (χ4n) is 1.48. The van der Waals surface area contributed by atoms with E-state index in [1.165, 1.54) is 0 Å². The maximum atomic E-state index is 11.8. The second-order valence-corrected chi connectivity index (χ2v) is 4.18. The minimum absolute atomic E-state index is 0.0242. The third kappa shape index (κ3) is 2.60. The molecule has 18 heavy (non-hydrogen) atoms. The zero-order chi connectivity index (χ0) is 13.1. The normalized spacial score (nSPS) is 12.1. The summed E-state index contributed by atoms with van der Waals surface area (Å²) in [6.07, 6.45) is 0. The Bertz CT molecular complexity index is 570. The monoisotopic (exact) mass is 266 g/mol. The van der Waals surface area contributed by atoms with Gasteiger partial charge < -0.3 is 11.1 Å². The van der Waals surface area contributed by atoms with Crippen molar-refractivity contribution in [3.63, 3.8) is 0 Å². The Morgan fingerprint density at radius 1 is 1.50 bits per heavy atom. The maximum Gasteiger partial charge on any atom is 0.277 e. The number of nitrogens with two attached hydrogens (primary N) is 1. The van der Waals surface area contributed by atoms with Crippen LogP contribution in [0.4, 0.5) is 5.82 Å². The van der Waals surface area contributed by atoms with E-state index in [0.717, 1.165) is 5.56 Å². The van der Waals surface area contributed by atoms with Gasteiger partial charge in [-0.1, -0.05) is 23.7 Å². The lowest BCUT2D eigenvalue weighted by atomic mass is 10.1. The van der Waals surface area contributed by atoms with E-state index in [2.05, 4.69) is 20.3 Å². The number of benzene rings is 1. The fraction of sp³-hybridized carbons (Fsp3) is 0.182. The molecular formula is C11H11ClN4O2. The van der Waals surface area contributed by atoms with Crippen LogP contribution in [0.5, 0.6) is 0 Å². The Labute approximate surface area is 108 Å². The molecule has 7 heteroatoms. The molecule has 0 saturated heterocycles. The van der Waals surface area contributed by atoms with Crippen LogP contribution in [0.1, 0.15) is 29.0 Å². The molecule has 0 aliphatic rings. The summed E-state index contributed by atoms with van der Waals surface area (Å²) in [5, 5.41) is 10.1. The molecule has 0 fully saturated rings. The highest BCUT2D eigenvalue weighted by atomic mass is 35.5. The highest BCUT2D eigenvalue weighted by molar-refractivity contribution is 6.30. The molecule has 0 bridgehead atoms. The Balaban J connectivity index is 2.10. The van der Waals surface area contributed by atoms with E-state index < -0.39 is 5.91 Å². The van der Waals surface area contributed by atoms with Gasteiger partial charge in [-0.2, -0.15) is 0 Å². The number of carbonyl (C=O) groups is 1. The van der Waals surface area contributed by atoms with E-state index in [-0.39, 0.29) is 17.6 Å². The molecule has 0 saturated carbocycles. The van der Waals surface area contributed by atoms with Crippen LogP contribution >= 0.6 is 11.6 Å². The van der Waals surface area contributed by atoms with Crippen molar-refractivity contribution in [1.29, 1.82) is 0 Å². The number of nitrogens with one attached hydrogen (secondary N) is 1. The van der Waals surface area contributed by atoms with Crippen LogP contribution < -0.4 is 11.1 Å². The zero-order valence-corrected chi connectivity index (χ0v) is 10.3. The first-order chi connectivity index (χ1) is 8.58. The molecule has 1 atom stereocenters. The molecule has 0 unspecified atom stereocenters. The van der Waals surface area contributed by atoms with Crippen LogP contribution in [0.25, 0.3) is 0 Å². The second-order valence-electron chi connectivity index (χ2n) is 3.75. The Kier molecular flexibility index (Phi) is 3.47. The minimum atomic E-state index is -0.443. The maximum absolute atomic E-state index is 11.8. The predicted molar refractivity (Wildman–Crippen MR) is 66.0 cm³/mol. The number of rotatable bonds is 3. The van der Waals surface area contributed by atoms with Crippen molar-refractivity contribution in [3.05, 3.63) is 40.5 Å². The highest BCUT2D eigenvalue weighted by Crippen LogP contribution is 2.18. The summed E-state index contributed by atoms with van der Waals surface area (Å²) in [5.41, 5.74) is 6.29. The highest BCUT2D eigenvalue weighted by Gasteiger charge is 2.18. The molecule has 0 spiro atoms. The quantitative estimate of drug-likeness (QED) is 0.883. The van der Waals surface area contributed by atoms with Crippen LogP contribution in [0, 0.1) is 0 Å². The summed E-state index contributed by atoms with van der Waals surface area (Å²) in [6, 6.07) is 6.98. The Morgan fingerprint density at radius 2 is 2.28 bits per heavy atom. The number of carbonyl (C=O) groups excluding carboxylic acids is 1. The number of nitrogen functional groups attached to an aromatic ring is 1. The second kappa shape index (κ2) is 5.05. The van der Waals surface area contributed by atoms with Gasteiger partial charge in [0.25, 0.3) is 5.91 Å². The first kappa shape index (κ1) is 12.4. The van der Waals surface area contributed by atoms with Crippen molar-refractivity contribution >= 4 is 23.3 Å². The van der Waals surface area contributed by atoms with Gasteiger partial charge in [-0.25, -0.2) is 4.63 Å². The average molecular weight is 267 g/mol. The van der Waals surface area contributed by atoms with Crippen LogP contribution in [0.15, 0.2) is 28.9 Å².